The first-order valence-corrected chi connectivity index (χ1v) is 13.1. The maximum atomic E-state index is 13.7. The molecular weight excluding hydrogens is 506 g/mol. The minimum atomic E-state index is -0.409. The molecule has 0 fully saturated rings. The maximum absolute atomic E-state index is 13.7. The molecule has 4 rings (SSSR count). The number of rotatable bonds is 6. The van der Waals surface area contributed by atoms with Crippen molar-refractivity contribution < 1.29 is 19.1 Å². The van der Waals surface area contributed by atoms with Crippen LogP contribution in [0, 0.1) is 10.8 Å². The lowest BCUT2D eigenvalue weighted by atomic mass is 9.63. The number of Topliss-reactive ketones (excluding diaryl/α,β-unsaturated/α-hetero) is 2. The van der Waals surface area contributed by atoms with Crippen LogP contribution < -0.4 is 9.47 Å². The number of hydrogen-bond donors (Lipinski definition) is 0. The number of ether oxygens (including phenoxy) is 2. The number of methoxy groups -OCH3 is 1. The van der Waals surface area contributed by atoms with Crippen LogP contribution in [-0.4, -0.2) is 36.7 Å². The molecule has 0 radical (unpaired) electrons. The summed E-state index contributed by atoms with van der Waals surface area (Å²) in [5, 5.41) is 0. The third-order valence-corrected chi connectivity index (χ3v) is 7.86. The monoisotopic (exact) mass is 541 g/mol. The van der Waals surface area contributed by atoms with Gasteiger partial charge in [0, 0.05) is 47.8 Å². The smallest absolute Gasteiger partial charge is 0.175 e. The number of nitrogens with zero attached hydrogens (tertiary/aromatic N) is 1. The van der Waals surface area contributed by atoms with Crippen LogP contribution in [0.4, 0.5) is 0 Å². The molecule has 3 aliphatic rings. The van der Waals surface area contributed by atoms with Gasteiger partial charge in [-0.15, -0.1) is 0 Å². The van der Waals surface area contributed by atoms with E-state index in [1.165, 1.54) is 0 Å². The van der Waals surface area contributed by atoms with Crippen molar-refractivity contribution in [2.24, 2.45) is 10.8 Å². The number of allylic oxidation sites excluding steroid dienone is 4. The third-order valence-electron chi connectivity index (χ3n) is 7.27. The fourth-order valence-corrected chi connectivity index (χ4v) is 6.53. The van der Waals surface area contributed by atoms with Crippen molar-refractivity contribution in [3.8, 4) is 11.5 Å². The van der Waals surface area contributed by atoms with Gasteiger partial charge in [-0.3, -0.25) is 9.59 Å². The Bertz CT molecular complexity index is 1100. The van der Waals surface area contributed by atoms with Crippen molar-refractivity contribution in [3.63, 3.8) is 0 Å². The van der Waals surface area contributed by atoms with Gasteiger partial charge in [-0.05, 0) is 64.2 Å². The zero-order valence-corrected chi connectivity index (χ0v) is 23.3. The van der Waals surface area contributed by atoms with E-state index in [4.69, 9.17) is 9.47 Å². The lowest BCUT2D eigenvalue weighted by Crippen LogP contribution is -2.44. The zero-order chi connectivity index (χ0) is 25.7. The molecule has 0 aromatic heterocycles. The molecule has 1 heterocycles. The van der Waals surface area contributed by atoms with Gasteiger partial charge in [0.25, 0.3) is 0 Å². The van der Waals surface area contributed by atoms with Crippen LogP contribution in [0.25, 0.3) is 0 Å². The van der Waals surface area contributed by atoms with Gasteiger partial charge in [0.05, 0.1) is 11.6 Å². The summed E-state index contributed by atoms with van der Waals surface area (Å²) in [4.78, 5) is 29.8. The molecule has 0 amide bonds. The molecule has 2 aliphatic carbocycles. The van der Waals surface area contributed by atoms with Crippen molar-refractivity contribution in [1.29, 1.82) is 0 Å². The third kappa shape index (κ3) is 4.62. The highest BCUT2D eigenvalue weighted by atomic mass is 79.9. The van der Waals surface area contributed by atoms with E-state index in [0.29, 0.717) is 30.9 Å². The molecule has 0 unspecified atom stereocenters. The maximum Gasteiger partial charge on any atom is 0.175 e. The van der Waals surface area contributed by atoms with Crippen LogP contribution in [0.2, 0.25) is 0 Å². The fourth-order valence-electron chi connectivity index (χ4n) is 5.95. The zero-order valence-electron chi connectivity index (χ0n) is 21.7. The molecule has 188 valence electrons. The first kappa shape index (κ1) is 25.7. The van der Waals surface area contributed by atoms with E-state index in [1.54, 1.807) is 13.2 Å². The van der Waals surface area contributed by atoms with Gasteiger partial charge in [0.2, 0.25) is 0 Å². The van der Waals surface area contributed by atoms with Crippen LogP contribution >= 0.6 is 15.9 Å². The molecule has 0 bridgehead atoms. The normalized spacial score (nSPS) is 21.6. The average molecular weight is 543 g/mol. The van der Waals surface area contributed by atoms with Crippen molar-refractivity contribution in [3.05, 3.63) is 57.4 Å². The number of hydrogen-bond acceptors (Lipinski definition) is 5. The van der Waals surface area contributed by atoms with Gasteiger partial charge >= 0.3 is 0 Å². The predicted molar refractivity (Wildman–Crippen MR) is 142 cm³/mol. The number of carbonyl (C=O) groups is 2. The van der Waals surface area contributed by atoms with E-state index in [9.17, 15) is 9.59 Å². The predicted octanol–water partition coefficient (Wildman–Crippen LogP) is 6.73. The summed E-state index contributed by atoms with van der Waals surface area (Å²) in [6.45, 7) is 15.5. The number of benzene rings is 1. The Balaban J connectivity index is 1.98. The summed E-state index contributed by atoms with van der Waals surface area (Å²) < 4.78 is 12.3. The summed E-state index contributed by atoms with van der Waals surface area (Å²) in [6, 6.07) is 3.90. The highest BCUT2D eigenvalue weighted by Crippen LogP contribution is 2.55. The first-order chi connectivity index (χ1) is 16.4. The van der Waals surface area contributed by atoms with Gasteiger partial charge < -0.3 is 14.4 Å². The largest absolute Gasteiger partial charge is 0.493 e. The van der Waals surface area contributed by atoms with E-state index in [1.807, 2.05) is 12.1 Å². The molecule has 0 spiro atoms. The minimum absolute atomic E-state index is 0.124. The topological polar surface area (TPSA) is 55.8 Å². The molecular formula is C29H36BrNO4. The van der Waals surface area contributed by atoms with E-state index >= 15 is 0 Å². The Kier molecular flexibility index (Phi) is 6.82. The highest BCUT2D eigenvalue weighted by molar-refractivity contribution is 9.10. The SMILES string of the molecule is C=CCOc1c(Br)cc(C2C3=C(CC(C)(C)CC3=O)N(CC)C3=C2C(=O)CC(C)(C)C3)cc1OC. The molecule has 0 saturated heterocycles. The number of halogens is 1. The lowest BCUT2D eigenvalue weighted by molar-refractivity contribution is -0.119. The van der Waals surface area contributed by atoms with E-state index < -0.39 is 5.92 Å². The Morgan fingerprint density at radius 3 is 2.03 bits per heavy atom. The van der Waals surface area contributed by atoms with Gasteiger partial charge in [0.1, 0.15) is 6.61 Å². The van der Waals surface area contributed by atoms with Crippen LogP contribution in [0.5, 0.6) is 11.5 Å². The fraction of sp³-hybridized carbons (Fsp3) is 0.517. The molecule has 1 aromatic carbocycles. The van der Waals surface area contributed by atoms with Crippen LogP contribution in [0.3, 0.4) is 0 Å². The van der Waals surface area contributed by atoms with Gasteiger partial charge in [0.15, 0.2) is 23.1 Å². The summed E-state index contributed by atoms with van der Waals surface area (Å²) >= 11 is 3.65. The van der Waals surface area contributed by atoms with Crippen molar-refractivity contribution in [2.75, 3.05) is 20.3 Å². The molecule has 0 atom stereocenters. The van der Waals surface area contributed by atoms with E-state index in [0.717, 1.165) is 52.0 Å². The van der Waals surface area contributed by atoms with Crippen LogP contribution in [0.15, 0.2) is 51.8 Å². The summed E-state index contributed by atoms with van der Waals surface area (Å²) in [6.07, 6.45) is 4.24. The summed E-state index contributed by atoms with van der Waals surface area (Å²) in [5.41, 5.74) is 4.31. The molecule has 1 aliphatic heterocycles. The Hall–Kier alpha value is -2.34. The lowest BCUT2D eigenvalue weighted by Gasteiger charge is -2.49. The number of carbonyl (C=O) groups excluding carboxylic acids is 2. The Morgan fingerprint density at radius 1 is 1.03 bits per heavy atom. The molecule has 35 heavy (non-hydrogen) atoms. The van der Waals surface area contributed by atoms with Crippen molar-refractivity contribution in [1.82, 2.24) is 4.90 Å². The van der Waals surface area contributed by atoms with E-state index in [2.05, 4.69) is 62.0 Å². The summed E-state index contributed by atoms with van der Waals surface area (Å²) in [5.74, 6) is 0.994. The van der Waals surface area contributed by atoms with Gasteiger partial charge in [-0.25, -0.2) is 0 Å². The quantitative estimate of drug-likeness (QED) is 0.373. The Labute approximate surface area is 217 Å². The number of ketones is 2. The summed E-state index contributed by atoms with van der Waals surface area (Å²) in [7, 11) is 1.60. The highest BCUT2D eigenvalue weighted by Gasteiger charge is 2.48. The van der Waals surface area contributed by atoms with Gasteiger partial charge in [-0.2, -0.15) is 0 Å². The van der Waals surface area contributed by atoms with Crippen molar-refractivity contribution >= 4 is 27.5 Å². The molecule has 5 nitrogen and oxygen atoms in total. The molecule has 0 N–H and O–H groups in total. The Morgan fingerprint density at radius 2 is 1.57 bits per heavy atom. The molecule has 0 saturated carbocycles. The second-order valence-corrected chi connectivity index (χ2v) is 12.3. The molecule has 6 heteroatoms. The van der Waals surface area contributed by atoms with Crippen LogP contribution in [-0.2, 0) is 9.59 Å². The van der Waals surface area contributed by atoms with E-state index in [-0.39, 0.29) is 22.4 Å². The standard InChI is InChI=1S/C29H36BrNO4/c1-8-10-35-27-18(30)11-17(12-23(27)34-7)24-25-19(13-28(3,4)15-21(25)32)31(9-2)20-14-29(5,6)16-22(33)26(20)24/h8,11-12,24H,1,9-10,13-16H2,2-7H3. The van der Waals surface area contributed by atoms with Gasteiger partial charge in [-0.1, -0.05) is 40.3 Å². The van der Waals surface area contributed by atoms with Crippen LogP contribution in [0.1, 0.15) is 71.8 Å². The van der Waals surface area contributed by atoms with Crippen molar-refractivity contribution in [2.45, 2.75) is 66.2 Å². The average Bonchev–Trinajstić information content (AvgIpc) is 2.74. The second kappa shape index (κ2) is 9.27. The second-order valence-electron chi connectivity index (χ2n) is 11.4. The molecule has 1 aromatic rings. The first-order valence-electron chi connectivity index (χ1n) is 12.3. The minimum Gasteiger partial charge on any atom is -0.493 e.